The quantitative estimate of drug-likeness (QED) is 0.864. The zero-order chi connectivity index (χ0) is 15.9. The van der Waals surface area contributed by atoms with Crippen molar-refractivity contribution in [3.63, 3.8) is 0 Å². The Morgan fingerprint density at radius 3 is 2.55 bits per heavy atom. The van der Waals surface area contributed by atoms with E-state index in [4.69, 9.17) is 4.74 Å². The standard InChI is InChI=1S/C17H16FNO3/c1-12-3-2-4-14(9-12)17(21)19-10-16(20)22-11-13-5-7-15(18)8-6-13/h2-9H,10-11H2,1H3,(H,19,21). The summed E-state index contributed by atoms with van der Waals surface area (Å²) < 4.78 is 17.7. The Labute approximate surface area is 127 Å². The minimum absolute atomic E-state index is 0.0411. The van der Waals surface area contributed by atoms with Crippen LogP contribution in [-0.4, -0.2) is 18.4 Å². The highest BCUT2D eigenvalue weighted by Gasteiger charge is 2.09. The highest BCUT2D eigenvalue weighted by Crippen LogP contribution is 2.05. The van der Waals surface area contributed by atoms with Gasteiger partial charge in [-0.25, -0.2) is 4.39 Å². The molecule has 0 aromatic heterocycles. The normalized spacial score (nSPS) is 10.1. The van der Waals surface area contributed by atoms with Gasteiger partial charge in [0.05, 0.1) is 0 Å². The molecule has 2 rings (SSSR count). The van der Waals surface area contributed by atoms with Crippen LogP contribution in [0.4, 0.5) is 4.39 Å². The van der Waals surface area contributed by atoms with Crippen molar-refractivity contribution in [3.05, 3.63) is 71.0 Å². The molecule has 0 unspecified atom stereocenters. The van der Waals surface area contributed by atoms with Crippen molar-refractivity contribution in [1.82, 2.24) is 5.32 Å². The largest absolute Gasteiger partial charge is 0.460 e. The molecule has 0 saturated carbocycles. The molecule has 5 heteroatoms. The maximum atomic E-state index is 12.7. The second-order valence-corrected chi connectivity index (χ2v) is 4.84. The molecule has 2 aromatic carbocycles. The lowest BCUT2D eigenvalue weighted by Gasteiger charge is -2.07. The molecule has 1 N–H and O–H groups in total. The summed E-state index contributed by atoms with van der Waals surface area (Å²) in [4.78, 5) is 23.4. The summed E-state index contributed by atoms with van der Waals surface area (Å²) in [5, 5.41) is 2.50. The van der Waals surface area contributed by atoms with E-state index in [1.54, 1.807) is 18.2 Å². The van der Waals surface area contributed by atoms with E-state index in [-0.39, 0.29) is 24.9 Å². The van der Waals surface area contributed by atoms with Gasteiger partial charge in [-0.15, -0.1) is 0 Å². The van der Waals surface area contributed by atoms with E-state index in [0.717, 1.165) is 5.56 Å². The summed E-state index contributed by atoms with van der Waals surface area (Å²) in [6.07, 6.45) is 0. The lowest BCUT2D eigenvalue weighted by atomic mass is 10.1. The first-order valence-electron chi connectivity index (χ1n) is 6.79. The zero-order valence-corrected chi connectivity index (χ0v) is 12.1. The number of hydrogen-bond donors (Lipinski definition) is 1. The Hall–Kier alpha value is -2.69. The van der Waals surface area contributed by atoms with Crippen molar-refractivity contribution in [3.8, 4) is 0 Å². The highest BCUT2D eigenvalue weighted by molar-refractivity contribution is 5.96. The van der Waals surface area contributed by atoms with Crippen molar-refractivity contribution in [1.29, 1.82) is 0 Å². The summed E-state index contributed by atoms with van der Waals surface area (Å²) >= 11 is 0. The third-order valence-electron chi connectivity index (χ3n) is 2.99. The monoisotopic (exact) mass is 301 g/mol. The van der Waals surface area contributed by atoms with E-state index >= 15 is 0 Å². The zero-order valence-electron chi connectivity index (χ0n) is 12.1. The fourth-order valence-corrected chi connectivity index (χ4v) is 1.84. The highest BCUT2D eigenvalue weighted by atomic mass is 19.1. The smallest absolute Gasteiger partial charge is 0.325 e. The van der Waals surface area contributed by atoms with Crippen LogP contribution < -0.4 is 5.32 Å². The van der Waals surface area contributed by atoms with Crippen LogP contribution >= 0.6 is 0 Å². The van der Waals surface area contributed by atoms with E-state index in [2.05, 4.69) is 5.32 Å². The van der Waals surface area contributed by atoms with Crippen LogP contribution in [0.1, 0.15) is 21.5 Å². The lowest BCUT2D eigenvalue weighted by Crippen LogP contribution is -2.30. The molecule has 4 nitrogen and oxygen atoms in total. The van der Waals surface area contributed by atoms with Gasteiger partial charge in [0, 0.05) is 5.56 Å². The Balaban J connectivity index is 1.78. The van der Waals surface area contributed by atoms with Crippen molar-refractivity contribution in [2.75, 3.05) is 6.54 Å². The summed E-state index contributed by atoms with van der Waals surface area (Å²) in [6.45, 7) is 1.71. The number of rotatable bonds is 5. The van der Waals surface area contributed by atoms with E-state index in [9.17, 15) is 14.0 Å². The van der Waals surface area contributed by atoms with Gasteiger partial charge in [-0.05, 0) is 36.8 Å². The summed E-state index contributed by atoms with van der Waals surface area (Å²) in [5.74, 6) is -1.23. The number of esters is 1. The molecular formula is C17H16FNO3. The maximum absolute atomic E-state index is 12.7. The fourth-order valence-electron chi connectivity index (χ4n) is 1.84. The average Bonchev–Trinajstić information content (AvgIpc) is 2.52. The molecule has 0 aliphatic carbocycles. The van der Waals surface area contributed by atoms with Crippen molar-refractivity contribution in [2.24, 2.45) is 0 Å². The molecule has 0 radical (unpaired) electrons. The van der Waals surface area contributed by atoms with Crippen molar-refractivity contribution in [2.45, 2.75) is 13.5 Å². The molecule has 0 aliphatic rings. The van der Waals surface area contributed by atoms with Crippen LogP contribution in [0.3, 0.4) is 0 Å². The number of aryl methyl sites for hydroxylation is 1. The van der Waals surface area contributed by atoms with Gasteiger partial charge in [0.15, 0.2) is 0 Å². The number of nitrogens with one attached hydrogen (secondary N) is 1. The van der Waals surface area contributed by atoms with Crippen LogP contribution in [0.25, 0.3) is 0 Å². The molecule has 0 spiro atoms. The van der Waals surface area contributed by atoms with Gasteiger partial charge < -0.3 is 10.1 Å². The SMILES string of the molecule is Cc1cccc(C(=O)NCC(=O)OCc2ccc(F)cc2)c1. The van der Waals surface area contributed by atoms with E-state index < -0.39 is 5.97 Å². The fraction of sp³-hybridized carbons (Fsp3) is 0.176. The number of benzene rings is 2. The van der Waals surface area contributed by atoms with Crippen LogP contribution in [-0.2, 0) is 16.1 Å². The van der Waals surface area contributed by atoms with Gasteiger partial charge in [0.1, 0.15) is 19.0 Å². The minimum Gasteiger partial charge on any atom is -0.460 e. The molecule has 0 heterocycles. The van der Waals surface area contributed by atoms with Gasteiger partial charge in [0.2, 0.25) is 0 Å². The topological polar surface area (TPSA) is 55.4 Å². The van der Waals surface area contributed by atoms with Crippen molar-refractivity contribution >= 4 is 11.9 Å². The molecule has 22 heavy (non-hydrogen) atoms. The summed E-state index contributed by atoms with van der Waals surface area (Å²) in [5.41, 5.74) is 2.14. The van der Waals surface area contributed by atoms with Gasteiger partial charge in [-0.3, -0.25) is 9.59 Å². The Kier molecular flexibility index (Phi) is 5.25. The molecule has 0 atom stereocenters. The van der Waals surface area contributed by atoms with Crippen LogP contribution in [0.5, 0.6) is 0 Å². The first-order valence-corrected chi connectivity index (χ1v) is 6.79. The van der Waals surface area contributed by atoms with Gasteiger partial charge in [-0.2, -0.15) is 0 Å². The predicted octanol–water partition coefficient (Wildman–Crippen LogP) is 2.61. The Morgan fingerprint density at radius 2 is 1.86 bits per heavy atom. The van der Waals surface area contributed by atoms with E-state index in [1.807, 2.05) is 13.0 Å². The number of amides is 1. The van der Waals surface area contributed by atoms with Gasteiger partial charge in [-0.1, -0.05) is 29.8 Å². The Bertz CT molecular complexity index is 668. The van der Waals surface area contributed by atoms with Gasteiger partial charge >= 0.3 is 5.97 Å². The molecule has 0 fully saturated rings. The summed E-state index contributed by atoms with van der Waals surface area (Å²) in [7, 11) is 0. The first kappa shape index (κ1) is 15.7. The van der Waals surface area contributed by atoms with E-state index in [0.29, 0.717) is 11.1 Å². The number of carbonyl (C=O) groups is 2. The minimum atomic E-state index is -0.551. The van der Waals surface area contributed by atoms with Crippen LogP contribution in [0, 0.1) is 12.7 Å². The number of halogens is 1. The lowest BCUT2D eigenvalue weighted by molar-refractivity contribution is -0.143. The third kappa shape index (κ3) is 4.70. The average molecular weight is 301 g/mol. The van der Waals surface area contributed by atoms with Crippen LogP contribution in [0.2, 0.25) is 0 Å². The molecule has 0 aliphatic heterocycles. The van der Waals surface area contributed by atoms with Gasteiger partial charge in [0.25, 0.3) is 5.91 Å². The number of carbonyl (C=O) groups excluding carboxylic acids is 2. The maximum Gasteiger partial charge on any atom is 0.325 e. The second kappa shape index (κ2) is 7.36. The first-order chi connectivity index (χ1) is 10.5. The Morgan fingerprint density at radius 1 is 1.14 bits per heavy atom. The molecule has 2 aromatic rings. The number of hydrogen-bond acceptors (Lipinski definition) is 3. The molecule has 114 valence electrons. The second-order valence-electron chi connectivity index (χ2n) is 4.84. The molecular weight excluding hydrogens is 285 g/mol. The molecule has 0 saturated heterocycles. The molecule has 1 amide bonds. The summed E-state index contributed by atoms with van der Waals surface area (Å²) in [6, 6.07) is 12.7. The van der Waals surface area contributed by atoms with E-state index in [1.165, 1.54) is 24.3 Å². The van der Waals surface area contributed by atoms with Crippen LogP contribution in [0.15, 0.2) is 48.5 Å². The molecule has 0 bridgehead atoms. The number of ether oxygens (including phenoxy) is 1. The van der Waals surface area contributed by atoms with Crippen molar-refractivity contribution < 1.29 is 18.7 Å². The predicted molar refractivity (Wildman–Crippen MR) is 79.7 cm³/mol. The third-order valence-corrected chi connectivity index (χ3v) is 2.99.